The molecule has 0 aromatic heterocycles. The molecule has 0 aromatic carbocycles. The van der Waals surface area contributed by atoms with Crippen molar-refractivity contribution in [1.29, 1.82) is 0 Å². The first-order valence-corrected chi connectivity index (χ1v) is 8.53. The molecule has 2 unspecified atom stereocenters. The van der Waals surface area contributed by atoms with Gasteiger partial charge in [0.2, 0.25) is 0 Å². The van der Waals surface area contributed by atoms with Gasteiger partial charge in [0.05, 0.1) is 0 Å². The van der Waals surface area contributed by atoms with Crippen LogP contribution in [-0.2, 0) is 0 Å². The van der Waals surface area contributed by atoms with Gasteiger partial charge in [-0.1, -0.05) is 58.3 Å². The summed E-state index contributed by atoms with van der Waals surface area (Å²) in [6.45, 7) is 2.33. The third-order valence-corrected chi connectivity index (χ3v) is 5.64. The zero-order valence-electron chi connectivity index (χ0n) is 12.4. The third-order valence-electron chi connectivity index (χ3n) is 5.64. The second-order valence-corrected chi connectivity index (χ2v) is 7.01. The predicted octanol–water partition coefficient (Wildman–Crippen LogP) is 5.03. The molecule has 18 heavy (non-hydrogen) atoms. The molecular formula is C17H33N. The number of hydrogen-bond acceptors (Lipinski definition) is 1. The van der Waals surface area contributed by atoms with Crippen molar-refractivity contribution in [2.24, 2.45) is 17.6 Å². The molecule has 2 rings (SSSR count). The van der Waals surface area contributed by atoms with E-state index in [-0.39, 0.29) is 5.54 Å². The molecule has 0 radical (unpaired) electrons. The molecule has 106 valence electrons. The Labute approximate surface area is 114 Å². The Hall–Kier alpha value is -0.0400. The zero-order chi connectivity index (χ0) is 12.8. The van der Waals surface area contributed by atoms with Crippen molar-refractivity contribution in [2.45, 2.75) is 95.9 Å². The highest BCUT2D eigenvalue weighted by molar-refractivity contribution is 4.94. The van der Waals surface area contributed by atoms with Crippen molar-refractivity contribution in [3.63, 3.8) is 0 Å². The summed E-state index contributed by atoms with van der Waals surface area (Å²) in [5.41, 5.74) is 7.06. The molecule has 0 amide bonds. The number of rotatable bonds is 3. The lowest BCUT2D eigenvalue weighted by Crippen LogP contribution is -2.46. The van der Waals surface area contributed by atoms with E-state index in [1.54, 1.807) is 0 Å². The summed E-state index contributed by atoms with van der Waals surface area (Å²) in [6, 6.07) is 0. The van der Waals surface area contributed by atoms with E-state index in [1.807, 2.05) is 0 Å². The molecule has 0 spiro atoms. The fraction of sp³-hybridized carbons (Fsp3) is 1.00. The highest BCUT2D eigenvalue weighted by atomic mass is 14.8. The van der Waals surface area contributed by atoms with Crippen molar-refractivity contribution >= 4 is 0 Å². The molecule has 2 aliphatic carbocycles. The molecule has 0 aromatic rings. The van der Waals surface area contributed by atoms with Gasteiger partial charge in [0, 0.05) is 5.54 Å². The average molecular weight is 251 g/mol. The molecule has 0 saturated heterocycles. The van der Waals surface area contributed by atoms with Crippen molar-refractivity contribution in [1.82, 2.24) is 0 Å². The summed E-state index contributed by atoms with van der Waals surface area (Å²) in [5, 5.41) is 0. The molecule has 1 nitrogen and oxygen atoms in total. The van der Waals surface area contributed by atoms with Crippen LogP contribution in [0.25, 0.3) is 0 Å². The summed E-state index contributed by atoms with van der Waals surface area (Å²) in [7, 11) is 0. The Morgan fingerprint density at radius 1 is 0.889 bits per heavy atom. The second kappa shape index (κ2) is 6.93. The second-order valence-electron chi connectivity index (χ2n) is 7.01. The molecule has 0 heterocycles. The van der Waals surface area contributed by atoms with Crippen molar-refractivity contribution < 1.29 is 0 Å². The maximum absolute atomic E-state index is 6.86. The van der Waals surface area contributed by atoms with Crippen molar-refractivity contribution in [3.8, 4) is 0 Å². The fourth-order valence-corrected chi connectivity index (χ4v) is 4.42. The lowest BCUT2D eigenvalue weighted by Gasteiger charge is -2.37. The van der Waals surface area contributed by atoms with Gasteiger partial charge in [0.1, 0.15) is 0 Å². The molecule has 0 bridgehead atoms. The van der Waals surface area contributed by atoms with Crippen LogP contribution in [0.4, 0.5) is 0 Å². The smallest absolute Gasteiger partial charge is 0.0182 e. The molecule has 0 aliphatic heterocycles. The van der Waals surface area contributed by atoms with E-state index in [0.29, 0.717) is 0 Å². The molecule has 1 heteroatoms. The van der Waals surface area contributed by atoms with Crippen LogP contribution in [-0.4, -0.2) is 5.54 Å². The van der Waals surface area contributed by atoms with Gasteiger partial charge in [-0.15, -0.1) is 0 Å². The Morgan fingerprint density at radius 2 is 1.61 bits per heavy atom. The zero-order valence-corrected chi connectivity index (χ0v) is 12.4. The van der Waals surface area contributed by atoms with E-state index in [1.165, 1.54) is 83.5 Å². The first-order chi connectivity index (χ1) is 8.74. The minimum atomic E-state index is 0.201. The van der Waals surface area contributed by atoms with E-state index >= 15 is 0 Å². The van der Waals surface area contributed by atoms with Gasteiger partial charge in [-0.3, -0.25) is 0 Å². The summed E-state index contributed by atoms with van der Waals surface area (Å²) in [6.07, 6.45) is 18.2. The van der Waals surface area contributed by atoms with Gasteiger partial charge >= 0.3 is 0 Å². The SMILES string of the molecule is CCCC1CCCC(N)(C2CCCCCC2)CC1. The molecule has 2 aliphatic rings. The molecule has 2 N–H and O–H groups in total. The minimum absolute atomic E-state index is 0.201. The first kappa shape index (κ1) is 14.4. The van der Waals surface area contributed by atoms with Crippen molar-refractivity contribution in [2.75, 3.05) is 0 Å². The van der Waals surface area contributed by atoms with E-state index in [0.717, 1.165) is 11.8 Å². The maximum atomic E-state index is 6.86. The molecule has 2 saturated carbocycles. The Bertz CT molecular complexity index is 230. The van der Waals surface area contributed by atoms with Gasteiger partial charge in [-0.2, -0.15) is 0 Å². The Kier molecular flexibility index (Phi) is 5.54. The molecular weight excluding hydrogens is 218 g/mol. The van der Waals surface area contributed by atoms with Gasteiger partial charge in [0.25, 0.3) is 0 Å². The van der Waals surface area contributed by atoms with Crippen LogP contribution in [0.3, 0.4) is 0 Å². The Balaban J connectivity index is 1.92. The summed E-state index contributed by atoms with van der Waals surface area (Å²) < 4.78 is 0. The van der Waals surface area contributed by atoms with Gasteiger partial charge in [0.15, 0.2) is 0 Å². The van der Waals surface area contributed by atoms with E-state index in [4.69, 9.17) is 5.73 Å². The van der Waals surface area contributed by atoms with Crippen LogP contribution in [0.1, 0.15) is 90.4 Å². The van der Waals surface area contributed by atoms with Crippen LogP contribution in [0.5, 0.6) is 0 Å². The highest BCUT2D eigenvalue weighted by Crippen LogP contribution is 2.40. The summed E-state index contributed by atoms with van der Waals surface area (Å²) in [5.74, 6) is 1.81. The maximum Gasteiger partial charge on any atom is 0.0182 e. The topological polar surface area (TPSA) is 26.0 Å². The van der Waals surface area contributed by atoms with Crippen LogP contribution >= 0.6 is 0 Å². The largest absolute Gasteiger partial charge is 0.325 e. The molecule has 2 atom stereocenters. The van der Waals surface area contributed by atoms with E-state index in [9.17, 15) is 0 Å². The van der Waals surface area contributed by atoms with Gasteiger partial charge < -0.3 is 5.73 Å². The minimum Gasteiger partial charge on any atom is -0.325 e. The third kappa shape index (κ3) is 3.73. The Morgan fingerprint density at radius 3 is 2.28 bits per heavy atom. The summed E-state index contributed by atoms with van der Waals surface area (Å²) >= 11 is 0. The average Bonchev–Trinajstić information content (AvgIpc) is 2.72. The van der Waals surface area contributed by atoms with Gasteiger partial charge in [-0.25, -0.2) is 0 Å². The quantitative estimate of drug-likeness (QED) is 0.699. The fourth-order valence-electron chi connectivity index (χ4n) is 4.42. The van der Waals surface area contributed by atoms with Crippen LogP contribution < -0.4 is 5.73 Å². The summed E-state index contributed by atoms with van der Waals surface area (Å²) in [4.78, 5) is 0. The van der Waals surface area contributed by atoms with E-state index in [2.05, 4.69) is 6.92 Å². The van der Waals surface area contributed by atoms with Crippen molar-refractivity contribution in [3.05, 3.63) is 0 Å². The predicted molar refractivity (Wildman–Crippen MR) is 79.6 cm³/mol. The lowest BCUT2D eigenvalue weighted by atomic mass is 9.74. The van der Waals surface area contributed by atoms with E-state index < -0.39 is 0 Å². The molecule has 2 fully saturated rings. The van der Waals surface area contributed by atoms with Crippen LogP contribution in [0.15, 0.2) is 0 Å². The lowest BCUT2D eigenvalue weighted by molar-refractivity contribution is 0.212. The monoisotopic (exact) mass is 251 g/mol. The highest BCUT2D eigenvalue weighted by Gasteiger charge is 2.36. The normalized spacial score (nSPS) is 36.0. The number of hydrogen-bond donors (Lipinski definition) is 1. The first-order valence-electron chi connectivity index (χ1n) is 8.53. The van der Waals surface area contributed by atoms with Gasteiger partial charge in [-0.05, 0) is 43.9 Å². The number of nitrogens with two attached hydrogens (primary N) is 1. The standard InChI is InChI=1S/C17H33N/c1-2-8-15-9-7-13-17(18,14-12-15)16-10-5-3-4-6-11-16/h15-16H,2-14,18H2,1H3. The van der Waals surface area contributed by atoms with Crippen LogP contribution in [0.2, 0.25) is 0 Å². The van der Waals surface area contributed by atoms with Crippen LogP contribution in [0, 0.1) is 11.8 Å².